The Kier molecular flexibility index (Phi) is 11.7. The van der Waals surface area contributed by atoms with E-state index in [1.54, 1.807) is 12.1 Å². The molecule has 2 N–H and O–H groups in total. The lowest BCUT2D eigenvalue weighted by atomic mass is 9.94. The summed E-state index contributed by atoms with van der Waals surface area (Å²) in [5, 5.41) is 11.0. The van der Waals surface area contributed by atoms with Crippen molar-refractivity contribution in [2.45, 2.75) is 50.6 Å². The molecule has 0 spiro atoms. The normalized spacial score (nSPS) is 12.0. The van der Waals surface area contributed by atoms with Crippen LogP contribution in [0.1, 0.15) is 61.4 Å². The van der Waals surface area contributed by atoms with Gasteiger partial charge in [0.25, 0.3) is 0 Å². The Balaban J connectivity index is 1.36. The summed E-state index contributed by atoms with van der Waals surface area (Å²) < 4.78 is 70.5. The van der Waals surface area contributed by atoms with Gasteiger partial charge in [0, 0.05) is 41.1 Å². The van der Waals surface area contributed by atoms with Crippen LogP contribution in [0.15, 0.2) is 121 Å². The molecule has 5 aromatic carbocycles. The predicted octanol–water partition coefficient (Wildman–Crippen LogP) is 9.49. The van der Waals surface area contributed by atoms with Crippen molar-refractivity contribution in [3.63, 3.8) is 0 Å². The van der Waals surface area contributed by atoms with Crippen molar-refractivity contribution >= 4 is 38.5 Å². The highest BCUT2D eigenvalue weighted by atomic mass is 35.5. The van der Waals surface area contributed by atoms with E-state index in [9.17, 15) is 31.5 Å². The van der Waals surface area contributed by atoms with E-state index < -0.39 is 33.5 Å². The van der Waals surface area contributed by atoms with E-state index in [4.69, 9.17) is 11.6 Å². The van der Waals surface area contributed by atoms with E-state index in [1.807, 2.05) is 72.8 Å². The van der Waals surface area contributed by atoms with Crippen LogP contribution in [-0.4, -0.2) is 30.6 Å². The first-order valence-electron chi connectivity index (χ1n) is 17.2. The summed E-state index contributed by atoms with van der Waals surface area (Å²) >= 11 is 6.98. The number of carbonyl (C=O) groups is 1. The lowest BCUT2D eigenvalue weighted by Crippen LogP contribution is -2.28. The van der Waals surface area contributed by atoms with Gasteiger partial charge < -0.3 is 9.67 Å². The summed E-state index contributed by atoms with van der Waals surface area (Å²) in [4.78, 5) is 11.4. The molecule has 274 valence electrons. The number of halogens is 4. The van der Waals surface area contributed by atoms with Gasteiger partial charge in [0.2, 0.25) is 10.0 Å². The van der Waals surface area contributed by atoms with Crippen molar-refractivity contribution in [2.75, 3.05) is 6.54 Å². The minimum atomic E-state index is -4.51. The van der Waals surface area contributed by atoms with Gasteiger partial charge in [0.05, 0.1) is 16.9 Å². The van der Waals surface area contributed by atoms with Gasteiger partial charge in [-0.1, -0.05) is 96.5 Å². The van der Waals surface area contributed by atoms with Gasteiger partial charge in [0.15, 0.2) is 0 Å². The molecule has 6 rings (SSSR count). The third-order valence-electron chi connectivity index (χ3n) is 9.32. The molecule has 6 nitrogen and oxygen atoms in total. The zero-order valence-electron chi connectivity index (χ0n) is 28.7. The van der Waals surface area contributed by atoms with E-state index in [-0.39, 0.29) is 17.7 Å². The van der Waals surface area contributed by atoms with E-state index in [0.717, 1.165) is 63.0 Å². The van der Waals surface area contributed by atoms with Crippen molar-refractivity contribution in [1.29, 1.82) is 0 Å². The van der Waals surface area contributed by atoms with Crippen LogP contribution in [0.2, 0.25) is 5.02 Å². The molecular formula is C42H38ClF3N2O4S. The monoisotopic (exact) mass is 758 g/mol. The summed E-state index contributed by atoms with van der Waals surface area (Å²) in [6, 6.07) is 35.0. The summed E-state index contributed by atoms with van der Waals surface area (Å²) in [5.74, 6) is -1.44. The Bertz CT molecular complexity index is 2290. The molecule has 53 heavy (non-hydrogen) atoms. The largest absolute Gasteiger partial charge is 0.478 e. The maximum absolute atomic E-state index is 13.2. The zero-order valence-corrected chi connectivity index (χ0v) is 30.3. The number of hydrogen-bond acceptors (Lipinski definition) is 3. The van der Waals surface area contributed by atoms with Crippen molar-refractivity contribution in [3.05, 3.63) is 177 Å². The SMILES string of the molecule is O=C(O)c1ccc(CCCc2c(CCNS(=O)(=O)Cc3ccc(C(F)(F)F)cc3)n(Cc3ccccc3)c3ccc(Cl)c(Cc4ccccc4)c23)cc1. The predicted molar refractivity (Wildman–Crippen MR) is 203 cm³/mol. The average Bonchev–Trinajstić information content (AvgIpc) is 3.41. The fourth-order valence-corrected chi connectivity index (χ4v) is 8.14. The zero-order chi connectivity index (χ0) is 37.6. The number of benzene rings is 5. The molecule has 0 amide bonds. The Hall–Kier alpha value is -4.90. The smallest absolute Gasteiger partial charge is 0.416 e. The van der Waals surface area contributed by atoms with Crippen LogP contribution in [0.5, 0.6) is 0 Å². The molecule has 0 aliphatic carbocycles. The van der Waals surface area contributed by atoms with Gasteiger partial charge in [-0.15, -0.1) is 0 Å². The fourth-order valence-electron chi connectivity index (χ4n) is 6.77. The molecule has 0 bridgehead atoms. The molecular weight excluding hydrogens is 721 g/mol. The highest BCUT2D eigenvalue weighted by molar-refractivity contribution is 7.88. The minimum Gasteiger partial charge on any atom is -0.478 e. The maximum Gasteiger partial charge on any atom is 0.416 e. The van der Waals surface area contributed by atoms with Gasteiger partial charge in [-0.3, -0.25) is 0 Å². The van der Waals surface area contributed by atoms with Crippen LogP contribution < -0.4 is 4.72 Å². The molecule has 0 fully saturated rings. The van der Waals surface area contributed by atoms with Gasteiger partial charge in [-0.2, -0.15) is 13.2 Å². The minimum absolute atomic E-state index is 0.0689. The molecule has 0 radical (unpaired) electrons. The van der Waals surface area contributed by atoms with Crippen LogP contribution >= 0.6 is 11.6 Å². The highest BCUT2D eigenvalue weighted by Gasteiger charge is 2.30. The number of aromatic carboxylic acids is 1. The number of fused-ring (bicyclic) bond motifs is 1. The average molecular weight is 759 g/mol. The molecule has 1 aromatic heterocycles. The number of aryl methyl sites for hydroxylation is 2. The summed E-state index contributed by atoms with van der Waals surface area (Å²) in [7, 11) is -3.89. The number of sulfonamides is 1. The number of nitrogens with one attached hydrogen (secondary N) is 1. The van der Waals surface area contributed by atoms with E-state index in [1.165, 1.54) is 12.1 Å². The number of hydrogen-bond donors (Lipinski definition) is 2. The van der Waals surface area contributed by atoms with E-state index in [2.05, 4.69) is 21.4 Å². The molecule has 6 aromatic rings. The van der Waals surface area contributed by atoms with Crippen molar-refractivity contribution in [1.82, 2.24) is 9.29 Å². The molecule has 1 heterocycles. The summed E-state index contributed by atoms with van der Waals surface area (Å²) in [5.41, 5.74) is 6.78. The quantitative estimate of drug-likeness (QED) is 0.109. The molecule has 0 atom stereocenters. The van der Waals surface area contributed by atoms with Crippen LogP contribution in [-0.2, 0) is 54.2 Å². The number of alkyl halides is 3. The number of nitrogens with zero attached hydrogens (tertiary/aromatic N) is 1. The molecule has 11 heteroatoms. The summed E-state index contributed by atoms with van der Waals surface area (Å²) in [6.45, 7) is 0.605. The standard InChI is InChI=1S/C42H38ClF3N2O4S/c43-37-22-23-39-40(36(37)26-30-8-3-1-4-9-30)35(13-7-12-29-14-18-33(19-15-29)41(49)50)38(48(39)27-31-10-5-2-6-11-31)24-25-47-53(51,52)28-32-16-20-34(21-17-32)42(44,45)46/h1-6,8-11,14-23,47H,7,12-13,24-28H2,(H,49,50). The molecule has 0 saturated carbocycles. The van der Waals surface area contributed by atoms with E-state index in [0.29, 0.717) is 37.3 Å². The molecule has 0 aliphatic rings. The van der Waals surface area contributed by atoms with Crippen LogP contribution in [0.3, 0.4) is 0 Å². The van der Waals surface area contributed by atoms with Gasteiger partial charge in [0.1, 0.15) is 0 Å². The number of aromatic nitrogens is 1. The second-order valence-electron chi connectivity index (χ2n) is 13.0. The van der Waals surface area contributed by atoms with Gasteiger partial charge in [-0.25, -0.2) is 17.9 Å². The molecule has 0 unspecified atom stereocenters. The molecule has 0 aliphatic heterocycles. The van der Waals surface area contributed by atoms with Crippen LogP contribution in [0, 0.1) is 0 Å². The lowest BCUT2D eigenvalue weighted by Gasteiger charge is -2.14. The Labute approximate surface area is 311 Å². The third kappa shape index (κ3) is 9.56. The Morgan fingerprint density at radius 1 is 0.717 bits per heavy atom. The first-order chi connectivity index (χ1) is 25.4. The number of carboxylic acids is 1. The van der Waals surface area contributed by atoms with Crippen molar-refractivity contribution in [3.8, 4) is 0 Å². The van der Waals surface area contributed by atoms with Gasteiger partial charge >= 0.3 is 12.1 Å². The Morgan fingerprint density at radius 2 is 1.34 bits per heavy atom. The highest BCUT2D eigenvalue weighted by Crippen LogP contribution is 2.37. The van der Waals surface area contributed by atoms with Gasteiger partial charge in [-0.05, 0) is 95.5 Å². The maximum atomic E-state index is 13.2. The van der Waals surface area contributed by atoms with Crippen molar-refractivity contribution < 1.29 is 31.5 Å². The third-order valence-corrected chi connectivity index (χ3v) is 11.0. The number of rotatable bonds is 15. The fraction of sp³-hybridized carbons (Fsp3) is 0.214. The van der Waals surface area contributed by atoms with Crippen molar-refractivity contribution in [2.24, 2.45) is 0 Å². The first-order valence-corrected chi connectivity index (χ1v) is 19.3. The van der Waals surface area contributed by atoms with Crippen LogP contribution in [0.25, 0.3) is 10.9 Å². The first kappa shape index (κ1) is 37.8. The molecule has 0 saturated heterocycles. The second-order valence-corrected chi connectivity index (χ2v) is 15.2. The van der Waals surface area contributed by atoms with Crippen LogP contribution in [0.4, 0.5) is 13.2 Å². The van der Waals surface area contributed by atoms with E-state index >= 15 is 0 Å². The summed E-state index contributed by atoms with van der Waals surface area (Å²) in [6.07, 6.45) is -1.50. The topological polar surface area (TPSA) is 88.4 Å². The number of carboxylic acid groups (broad SMARTS) is 1. The lowest BCUT2D eigenvalue weighted by molar-refractivity contribution is -0.137. The Morgan fingerprint density at radius 3 is 1.96 bits per heavy atom. The second kappa shape index (κ2) is 16.4.